The number of carboxylic acids is 1. The molecule has 2 bridgehead atoms. The van der Waals surface area contributed by atoms with Crippen molar-refractivity contribution in [3.05, 3.63) is 35.9 Å². The Kier molecular flexibility index (Phi) is 5.06. The second-order valence-electron chi connectivity index (χ2n) is 11.6. The number of Topliss-reactive ketones (excluding diaryl/α,β-unsaturated/α-hetero) is 1. The number of ether oxygens (including phenoxy) is 1. The SMILES string of the molecule is C[C@@]12CC[C@@]3(C1)[C@H](CC2=O)C[C@H](OC(=O)c1ccccc1)[C@H]1[C@@](CO)(C(=O)O)CCC[C@@]13C. The highest BCUT2D eigenvalue weighted by atomic mass is 16.5. The fourth-order valence-electron chi connectivity index (χ4n) is 8.70. The smallest absolute Gasteiger partial charge is 0.338 e. The molecular weight excluding hydrogens is 420 g/mol. The van der Waals surface area contributed by atoms with Crippen LogP contribution in [0.4, 0.5) is 0 Å². The zero-order valence-corrected chi connectivity index (χ0v) is 19.5. The number of aliphatic hydroxyl groups excluding tert-OH is 1. The number of benzene rings is 1. The molecule has 0 aliphatic heterocycles. The predicted octanol–water partition coefficient (Wildman–Crippen LogP) is 4.25. The number of aliphatic hydroxyl groups is 1. The number of carboxylic acid groups (broad SMARTS) is 1. The summed E-state index contributed by atoms with van der Waals surface area (Å²) in [6.07, 6.45) is 4.70. The van der Waals surface area contributed by atoms with E-state index < -0.39 is 41.4 Å². The monoisotopic (exact) mass is 454 g/mol. The summed E-state index contributed by atoms with van der Waals surface area (Å²) in [5.74, 6) is -1.62. The van der Waals surface area contributed by atoms with Gasteiger partial charge in [0, 0.05) is 17.8 Å². The van der Waals surface area contributed by atoms with E-state index in [1.807, 2.05) is 6.07 Å². The van der Waals surface area contributed by atoms with E-state index in [-0.39, 0.29) is 16.7 Å². The van der Waals surface area contributed by atoms with Gasteiger partial charge in [0.15, 0.2) is 0 Å². The van der Waals surface area contributed by atoms with Crippen molar-refractivity contribution in [3.63, 3.8) is 0 Å². The predicted molar refractivity (Wildman–Crippen MR) is 120 cm³/mol. The van der Waals surface area contributed by atoms with Gasteiger partial charge in [0.25, 0.3) is 0 Å². The average molecular weight is 455 g/mol. The molecule has 4 aliphatic carbocycles. The molecule has 6 nitrogen and oxygen atoms in total. The van der Waals surface area contributed by atoms with Gasteiger partial charge in [-0.25, -0.2) is 4.79 Å². The summed E-state index contributed by atoms with van der Waals surface area (Å²) in [6.45, 7) is 3.76. The fraction of sp³-hybridized carbons (Fsp3) is 0.667. The lowest BCUT2D eigenvalue weighted by atomic mass is 9.37. The van der Waals surface area contributed by atoms with Gasteiger partial charge < -0.3 is 14.9 Å². The minimum atomic E-state index is -1.35. The highest BCUT2D eigenvalue weighted by Crippen LogP contribution is 2.75. The van der Waals surface area contributed by atoms with Gasteiger partial charge in [-0.15, -0.1) is 0 Å². The van der Waals surface area contributed by atoms with Crippen molar-refractivity contribution in [2.24, 2.45) is 33.5 Å². The van der Waals surface area contributed by atoms with Crippen molar-refractivity contribution >= 4 is 17.7 Å². The Hall–Kier alpha value is -2.21. The standard InChI is InChI=1S/C27H34O6/c1-24-11-12-27(15-24)18(14-20(24)29)13-19(33-22(30)17-7-4-3-5-8-17)21-25(27,2)9-6-10-26(21,16-28)23(31)32/h3-5,7-8,18-19,21,28H,6,9-16H2,1-2H3,(H,31,32)/t18-,19-,21+,24+,25-,26+,27+/m0/s1. The van der Waals surface area contributed by atoms with Crippen LogP contribution in [-0.4, -0.2) is 40.6 Å². The molecule has 33 heavy (non-hydrogen) atoms. The van der Waals surface area contributed by atoms with Crippen LogP contribution in [0.2, 0.25) is 0 Å². The van der Waals surface area contributed by atoms with Gasteiger partial charge in [0.2, 0.25) is 0 Å². The Labute approximate surface area is 194 Å². The lowest BCUT2D eigenvalue weighted by Gasteiger charge is -2.67. The molecule has 7 atom stereocenters. The van der Waals surface area contributed by atoms with E-state index in [1.54, 1.807) is 24.3 Å². The number of fused-ring (bicyclic) bond motifs is 2. The van der Waals surface area contributed by atoms with E-state index in [0.717, 1.165) is 25.7 Å². The number of ketones is 1. The maximum Gasteiger partial charge on any atom is 0.338 e. The van der Waals surface area contributed by atoms with Crippen molar-refractivity contribution < 1.29 is 29.3 Å². The van der Waals surface area contributed by atoms with Crippen LogP contribution < -0.4 is 0 Å². The summed E-state index contributed by atoms with van der Waals surface area (Å²) in [5.41, 5.74) is -1.87. The van der Waals surface area contributed by atoms with Crippen LogP contribution in [0.15, 0.2) is 30.3 Å². The summed E-state index contributed by atoms with van der Waals surface area (Å²) in [5, 5.41) is 20.9. The summed E-state index contributed by atoms with van der Waals surface area (Å²) in [6, 6.07) is 8.74. The molecule has 0 unspecified atom stereocenters. The number of carbonyl (C=O) groups excluding carboxylic acids is 2. The molecule has 6 heteroatoms. The molecule has 4 fully saturated rings. The van der Waals surface area contributed by atoms with Gasteiger partial charge in [-0.1, -0.05) is 38.5 Å². The number of esters is 1. The first kappa shape index (κ1) is 22.6. The first-order valence-corrected chi connectivity index (χ1v) is 12.3. The maximum absolute atomic E-state index is 13.1. The highest BCUT2D eigenvalue weighted by molar-refractivity contribution is 5.89. The van der Waals surface area contributed by atoms with E-state index >= 15 is 0 Å². The molecule has 0 saturated heterocycles. The zero-order chi connectivity index (χ0) is 23.6. The van der Waals surface area contributed by atoms with Crippen molar-refractivity contribution in [1.82, 2.24) is 0 Å². The Morgan fingerprint density at radius 3 is 2.48 bits per heavy atom. The Bertz CT molecular complexity index is 990. The Morgan fingerprint density at radius 2 is 1.82 bits per heavy atom. The van der Waals surface area contributed by atoms with Crippen molar-refractivity contribution in [3.8, 4) is 0 Å². The minimum Gasteiger partial charge on any atom is -0.481 e. The van der Waals surface area contributed by atoms with E-state index in [4.69, 9.17) is 4.74 Å². The second kappa shape index (κ2) is 7.39. The van der Waals surface area contributed by atoms with Crippen molar-refractivity contribution in [2.75, 3.05) is 6.61 Å². The normalized spacial score (nSPS) is 44.0. The molecule has 5 rings (SSSR count). The minimum absolute atomic E-state index is 0.0682. The van der Waals surface area contributed by atoms with E-state index in [2.05, 4.69) is 13.8 Å². The topological polar surface area (TPSA) is 101 Å². The molecule has 1 aromatic rings. The van der Waals surface area contributed by atoms with Gasteiger partial charge in [-0.2, -0.15) is 0 Å². The summed E-state index contributed by atoms with van der Waals surface area (Å²) < 4.78 is 6.11. The van der Waals surface area contributed by atoms with Crippen molar-refractivity contribution in [2.45, 2.75) is 71.3 Å². The largest absolute Gasteiger partial charge is 0.481 e. The van der Waals surface area contributed by atoms with Crippen LogP contribution >= 0.6 is 0 Å². The fourth-order valence-corrected chi connectivity index (χ4v) is 8.70. The molecule has 0 amide bonds. The van der Waals surface area contributed by atoms with Crippen LogP contribution in [-0.2, 0) is 14.3 Å². The molecule has 2 N–H and O–H groups in total. The lowest BCUT2D eigenvalue weighted by Crippen LogP contribution is -2.67. The van der Waals surface area contributed by atoms with Gasteiger partial charge in [0.05, 0.1) is 17.6 Å². The third kappa shape index (κ3) is 2.92. The third-order valence-corrected chi connectivity index (χ3v) is 10.3. The van der Waals surface area contributed by atoms with Gasteiger partial charge in [-0.3, -0.25) is 9.59 Å². The maximum atomic E-state index is 13.1. The summed E-state index contributed by atoms with van der Waals surface area (Å²) >= 11 is 0. The second-order valence-corrected chi connectivity index (χ2v) is 11.6. The molecule has 1 spiro atoms. The molecule has 0 heterocycles. The first-order chi connectivity index (χ1) is 15.6. The van der Waals surface area contributed by atoms with Crippen LogP contribution in [0.5, 0.6) is 0 Å². The number of carbonyl (C=O) groups is 3. The van der Waals surface area contributed by atoms with Crippen LogP contribution in [0.3, 0.4) is 0 Å². The van der Waals surface area contributed by atoms with Crippen LogP contribution in [0.1, 0.15) is 75.6 Å². The molecule has 0 radical (unpaired) electrons. The van der Waals surface area contributed by atoms with E-state index in [9.17, 15) is 24.6 Å². The highest BCUT2D eigenvalue weighted by Gasteiger charge is 2.74. The first-order valence-electron chi connectivity index (χ1n) is 12.3. The quantitative estimate of drug-likeness (QED) is 0.660. The van der Waals surface area contributed by atoms with Gasteiger partial charge in [-0.05, 0) is 67.4 Å². The van der Waals surface area contributed by atoms with Gasteiger partial charge >= 0.3 is 11.9 Å². The number of rotatable bonds is 4. The number of hydrogen-bond acceptors (Lipinski definition) is 5. The third-order valence-electron chi connectivity index (χ3n) is 10.3. The lowest BCUT2D eigenvalue weighted by molar-refractivity contribution is -0.233. The molecule has 1 aromatic carbocycles. The zero-order valence-electron chi connectivity index (χ0n) is 19.5. The molecule has 4 aliphatic rings. The molecular formula is C27H34O6. The molecule has 4 saturated carbocycles. The van der Waals surface area contributed by atoms with Crippen molar-refractivity contribution in [1.29, 1.82) is 0 Å². The molecule has 178 valence electrons. The van der Waals surface area contributed by atoms with Crippen LogP contribution in [0.25, 0.3) is 0 Å². The number of aliphatic carboxylic acids is 1. The number of hydrogen-bond donors (Lipinski definition) is 2. The molecule has 0 aromatic heterocycles. The average Bonchev–Trinajstić information content (AvgIpc) is 3.13. The van der Waals surface area contributed by atoms with Crippen LogP contribution in [0, 0.1) is 33.5 Å². The Morgan fingerprint density at radius 1 is 1.09 bits per heavy atom. The summed E-state index contributed by atoms with van der Waals surface area (Å²) in [4.78, 5) is 38.9. The van der Waals surface area contributed by atoms with Gasteiger partial charge in [0.1, 0.15) is 11.9 Å². The van der Waals surface area contributed by atoms with E-state index in [0.29, 0.717) is 37.0 Å². The Balaban J connectivity index is 1.62. The summed E-state index contributed by atoms with van der Waals surface area (Å²) in [7, 11) is 0. The van der Waals surface area contributed by atoms with E-state index in [1.165, 1.54) is 0 Å².